The number of piperazine rings is 1. The van der Waals surface area contributed by atoms with Crippen LogP contribution in [0.2, 0.25) is 0 Å². The Hall–Kier alpha value is -1.66. The zero-order valence-corrected chi connectivity index (χ0v) is 20.6. The third kappa shape index (κ3) is 6.67. The molecule has 2 aromatic rings. The molecular formula is C20H30IN5O3S. The van der Waals surface area contributed by atoms with Crippen LogP contribution in [0, 0.1) is 6.92 Å². The van der Waals surface area contributed by atoms with Gasteiger partial charge in [-0.1, -0.05) is 29.4 Å². The maximum Gasteiger partial charge on any atom is 0.220 e. The van der Waals surface area contributed by atoms with Crippen molar-refractivity contribution in [2.75, 3.05) is 39.3 Å². The second-order valence-electron chi connectivity index (χ2n) is 7.05. The highest BCUT2D eigenvalue weighted by Crippen LogP contribution is 2.13. The molecule has 0 aliphatic carbocycles. The van der Waals surface area contributed by atoms with Crippen LogP contribution in [-0.2, 0) is 22.2 Å². The van der Waals surface area contributed by atoms with Crippen molar-refractivity contribution in [2.24, 2.45) is 4.99 Å². The number of guanidine groups is 1. The molecule has 2 heterocycles. The topological polar surface area (TPSA) is 91.0 Å². The summed E-state index contributed by atoms with van der Waals surface area (Å²) in [6, 6.07) is 9.93. The Kier molecular flexibility index (Phi) is 9.56. The zero-order valence-electron chi connectivity index (χ0n) is 17.5. The summed E-state index contributed by atoms with van der Waals surface area (Å²) in [5, 5.41) is 7.04. The Labute approximate surface area is 195 Å². The van der Waals surface area contributed by atoms with Crippen LogP contribution in [0.25, 0.3) is 0 Å². The first-order valence-corrected chi connectivity index (χ1v) is 11.6. The second kappa shape index (κ2) is 11.7. The molecule has 0 amide bonds. The molecular weight excluding hydrogens is 517 g/mol. The van der Waals surface area contributed by atoms with Gasteiger partial charge in [-0.25, -0.2) is 8.42 Å². The lowest BCUT2D eigenvalue weighted by molar-refractivity contribution is 0.260. The number of aromatic nitrogens is 1. The predicted octanol–water partition coefficient (Wildman–Crippen LogP) is 2.26. The molecule has 10 heteroatoms. The molecule has 0 saturated carbocycles. The molecule has 1 fully saturated rings. The third-order valence-corrected chi connectivity index (χ3v) is 6.80. The summed E-state index contributed by atoms with van der Waals surface area (Å²) in [6.45, 7) is 7.69. The number of nitrogens with zero attached hydrogens (tertiary/aromatic N) is 4. The molecule has 1 aromatic heterocycles. The van der Waals surface area contributed by atoms with Gasteiger partial charge in [-0.2, -0.15) is 4.31 Å². The normalized spacial score (nSPS) is 15.7. The van der Waals surface area contributed by atoms with Gasteiger partial charge in [0, 0.05) is 45.3 Å². The lowest BCUT2D eigenvalue weighted by Gasteiger charge is -2.35. The molecule has 1 aliphatic rings. The number of nitrogens with one attached hydrogen (secondary N) is 1. The molecule has 1 saturated heterocycles. The lowest BCUT2D eigenvalue weighted by atomic mass is 10.1. The van der Waals surface area contributed by atoms with Crippen molar-refractivity contribution < 1.29 is 12.9 Å². The fraction of sp³-hybridized carbons (Fsp3) is 0.500. The summed E-state index contributed by atoms with van der Waals surface area (Å²) < 4.78 is 31.4. The number of sulfonamides is 1. The largest absolute Gasteiger partial charge is 0.364 e. The molecule has 1 aromatic carbocycles. The summed E-state index contributed by atoms with van der Waals surface area (Å²) in [5.41, 5.74) is 3.01. The van der Waals surface area contributed by atoms with Gasteiger partial charge in [0.1, 0.15) is 12.0 Å². The number of hydrogen-bond acceptors (Lipinski definition) is 5. The molecule has 0 radical (unpaired) electrons. The van der Waals surface area contributed by atoms with Crippen LogP contribution >= 0.6 is 24.0 Å². The molecule has 1 aliphatic heterocycles. The van der Waals surface area contributed by atoms with Gasteiger partial charge in [0.05, 0.1) is 5.69 Å². The molecule has 3 rings (SSSR count). The molecule has 0 unspecified atom stereocenters. The van der Waals surface area contributed by atoms with Crippen LogP contribution in [0.15, 0.2) is 46.1 Å². The molecule has 0 atom stereocenters. The van der Waals surface area contributed by atoms with E-state index in [0.29, 0.717) is 38.4 Å². The maximum atomic E-state index is 12.6. The minimum absolute atomic E-state index is 0. The van der Waals surface area contributed by atoms with E-state index in [2.05, 4.69) is 40.5 Å². The summed E-state index contributed by atoms with van der Waals surface area (Å²) in [5.74, 6) is 0.711. The monoisotopic (exact) mass is 547 g/mol. The van der Waals surface area contributed by atoms with Gasteiger partial charge in [-0.05, 0) is 31.4 Å². The first-order chi connectivity index (χ1) is 14.0. The molecule has 30 heavy (non-hydrogen) atoms. The maximum absolute atomic E-state index is 12.6. The van der Waals surface area contributed by atoms with Crippen LogP contribution in [0.3, 0.4) is 0 Å². The van der Waals surface area contributed by atoms with E-state index in [1.165, 1.54) is 21.7 Å². The lowest BCUT2D eigenvalue weighted by Crippen LogP contribution is -2.54. The summed E-state index contributed by atoms with van der Waals surface area (Å²) in [6.07, 6.45) is 2.27. The summed E-state index contributed by atoms with van der Waals surface area (Å²) in [7, 11) is -3.40. The second-order valence-corrected chi connectivity index (χ2v) is 9.01. The van der Waals surface area contributed by atoms with Crippen molar-refractivity contribution in [2.45, 2.75) is 26.0 Å². The number of rotatable bonds is 7. The Balaban J connectivity index is 0.00000320. The average Bonchev–Trinajstić information content (AvgIpc) is 3.21. The van der Waals surface area contributed by atoms with Crippen molar-refractivity contribution in [3.05, 3.63) is 53.4 Å². The number of aryl methyl sites for hydroxylation is 1. The van der Waals surface area contributed by atoms with Gasteiger partial charge in [-0.3, -0.25) is 4.99 Å². The van der Waals surface area contributed by atoms with E-state index in [1.807, 2.05) is 13.0 Å². The van der Waals surface area contributed by atoms with E-state index in [9.17, 15) is 8.42 Å². The quantitative estimate of drug-likeness (QED) is 0.325. The van der Waals surface area contributed by atoms with Crippen LogP contribution in [-0.4, -0.2) is 68.0 Å². The van der Waals surface area contributed by atoms with Crippen molar-refractivity contribution in [3.63, 3.8) is 0 Å². The highest BCUT2D eigenvalue weighted by atomic mass is 127. The Morgan fingerprint density at radius 2 is 1.93 bits per heavy atom. The van der Waals surface area contributed by atoms with Crippen LogP contribution in [0.5, 0.6) is 0 Å². The average molecular weight is 547 g/mol. The molecule has 0 spiro atoms. The van der Waals surface area contributed by atoms with Gasteiger partial charge in [0.15, 0.2) is 5.96 Å². The van der Waals surface area contributed by atoms with Crippen molar-refractivity contribution in [3.8, 4) is 0 Å². The number of aliphatic imine (C=N–C) groups is 1. The van der Waals surface area contributed by atoms with Gasteiger partial charge >= 0.3 is 0 Å². The van der Waals surface area contributed by atoms with Crippen molar-refractivity contribution in [1.29, 1.82) is 0 Å². The van der Waals surface area contributed by atoms with Crippen molar-refractivity contribution in [1.82, 2.24) is 19.7 Å². The fourth-order valence-corrected chi connectivity index (χ4v) is 4.79. The highest BCUT2D eigenvalue weighted by molar-refractivity contribution is 14.0. The Bertz CT molecular complexity index is 910. The molecule has 1 N–H and O–H groups in total. The first kappa shape index (κ1) is 24.6. The summed E-state index contributed by atoms with van der Waals surface area (Å²) in [4.78, 5) is 6.89. The Morgan fingerprint density at radius 1 is 1.20 bits per heavy atom. The number of benzene rings is 1. The zero-order chi connectivity index (χ0) is 20.7. The van der Waals surface area contributed by atoms with Gasteiger partial charge < -0.3 is 14.7 Å². The van der Waals surface area contributed by atoms with E-state index >= 15 is 0 Å². The third-order valence-electron chi connectivity index (χ3n) is 4.99. The van der Waals surface area contributed by atoms with E-state index in [-0.39, 0.29) is 29.7 Å². The van der Waals surface area contributed by atoms with E-state index in [1.54, 1.807) is 6.07 Å². The fourth-order valence-electron chi connectivity index (χ4n) is 3.37. The van der Waals surface area contributed by atoms with Crippen LogP contribution in [0.1, 0.15) is 23.7 Å². The van der Waals surface area contributed by atoms with Crippen LogP contribution in [0.4, 0.5) is 0 Å². The van der Waals surface area contributed by atoms with Crippen LogP contribution < -0.4 is 5.32 Å². The Morgan fingerprint density at radius 3 is 2.57 bits per heavy atom. The van der Waals surface area contributed by atoms with Gasteiger partial charge in [0.25, 0.3) is 0 Å². The van der Waals surface area contributed by atoms with E-state index < -0.39 is 10.0 Å². The van der Waals surface area contributed by atoms with Gasteiger partial charge in [-0.15, -0.1) is 24.0 Å². The minimum Gasteiger partial charge on any atom is -0.364 e. The number of hydrogen-bond donors (Lipinski definition) is 1. The molecule has 166 valence electrons. The van der Waals surface area contributed by atoms with Gasteiger partial charge in [0.2, 0.25) is 10.0 Å². The first-order valence-electron chi connectivity index (χ1n) is 9.94. The highest BCUT2D eigenvalue weighted by Gasteiger charge is 2.28. The van der Waals surface area contributed by atoms with Crippen molar-refractivity contribution >= 4 is 40.0 Å². The standard InChI is InChI=1S/C20H29N5O3S.HI/c1-3-21-20(22-10-8-18-7-5-4-6-17(18)2)24-11-13-25(14-12-24)29(26,27)16-19-9-15-28-23-19;/h4-7,9,15H,3,8,10-14,16H2,1-2H3,(H,21,22);1H. The minimum atomic E-state index is -3.40. The van der Waals surface area contributed by atoms with E-state index in [0.717, 1.165) is 18.9 Å². The molecule has 0 bridgehead atoms. The summed E-state index contributed by atoms with van der Waals surface area (Å²) >= 11 is 0. The number of halogens is 1. The molecule has 8 nitrogen and oxygen atoms in total. The van der Waals surface area contributed by atoms with E-state index in [4.69, 9.17) is 9.52 Å². The SMILES string of the molecule is CCNC(=NCCc1ccccc1C)N1CCN(S(=O)(=O)Cc2ccon2)CC1.I. The predicted molar refractivity (Wildman–Crippen MR) is 129 cm³/mol. The smallest absolute Gasteiger partial charge is 0.220 e.